The van der Waals surface area contributed by atoms with Gasteiger partial charge in [0.05, 0.1) is 18.4 Å². The van der Waals surface area contributed by atoms with Gasteiger partial charge >= 0.3 is 12.1 Å². The molecule has 0 saturated carbocycles. The summed E-state index contributed by atoms with van der Waals surface area (Å²) in [5.41, 5.74) is 3.63. The molecular weight excluding hydrogens is 515 g/mol. The van der Waals surface area contributed by atoms with Crippen LogP contribution < -0.4 is 0 Å². The maximum atomic E-state index is 13.5. The van der Waals surface area contributed by atoms with E-state index in [4.69, 9.17) is 4.74 Å². The van der Waals surface area contributed by atoms with E-state index < -0.39 is 11.6 Å². The number of rotatable bonds is 9. The van der Waals surface area contributed by atoms with Gasteiger partial charge in [0, 0.05) is 51.2 Å². The minimum Gasteiger partial charge on any atom is -0.466 e. The number of aromatic nitrogens is 1. The number of halogens is 3. The van der Waals surface area contributed by atoms with Gasteiger partial charge in [-0.3, -0.25) is 19.6 Å². The molecule has 1 aromatic heterocycles. The molecule has 0 spiro atoms. The Labute approximate surface area is 235 Å². The fourth-order valence-corrected chi connectivity index (χ4v) is 5.27. The van der Waals surface area contributed by atoms with Crippen LogP contribution in [0, 0.1) is 6.92 Å². The van der Waals surface area contributed by atoms with Crippen LogP contribution in [0.2, 0.25) is 0 Å². The van der Waals surface area contributed by atoms with Crippen LogP contribution in [0.25, 0.3) is 11.1 Å². The Morgan fingerprint density at radius 1 is 0.975 bits per heavy atom. The predicted octanol–water partition coefficient (Wildman–Crippen LogP) is 6.54. The Hall–Kier alpha value is -3.23. The zero-order valence-corrected chi connectivity index (χ0v) is 23.7. The minimum absolute atomic E-state index is 0.0424. The van der Waals surface area contributed by atoms with Gasteiger partial charge < -0.3 is 4.74 Å². The molecule has 2 aromatic carbocycles. The van der Waals surface area contributed by atoms with Gasteiger partial charge in [0.25, 0.3) is 0 Å². The van der Waals surface area contributed by atoms with Crippen molar-refractivity contribution in [1.29, 1.82) is 0 Å². The summed E-state index contributed by atoms with van der Waals surface area (Å²) < 4.78 is 45.6. The average Bonchev–Trinajstić information content (AvgIpc) is 2.90. The van der Waals surface area contributed by atoms with Crippen LogP contribution in [0.1, 0.15) is 49.4 Å². The summed E-state index contributed by atoms with van der Waals surface area (Å²) in [5, 5.41) is 0. The molecule has 1 aliphatic rings. The minimum atomic E-state index is -4.31. The molecule has 1 atom stereocenters. The molecule has 4 rings (SSSR count). The fourth-order valence-electron chi connectivity index (χ4n) is 5.27. The lowest BCUT2D eigenvalue weighted by atomic mass is 9.83. The summed E-state index contributed by atoms with van der Waals surface area (Å²) in [7, 11) is 0. The smallest absolute Gasteiger partial charge is 0.397 e. The number of carbonyl (C=O) groups is 1. The standard InChI is InChI=1S/C32H38F3N3O2/c1-5-40-30(39)19-28-22-37(16-17-38(28)21-24-12-14-36-15-13-24)20-25-6-11-29(23(2)18-25)26-7-9-27(10-8-26)31(3,4)32(33,34)35/h6-15,18,28H,5,16-17,19-22H2,1-4H3. The van der Waals surface area contributed by atoms with Crippen LogP contribution in [-0.4, -0.2) is 59.2 Å². The first kappa shape index (κ1) is 29.7. The van der Waals surface area contributed by atoms with Gasteiger partial charge in [-0.25, -0.2) is 0 Å². The summed E-state index contributed by atoms with van der Waals surface area (Å²) in [6.07, 6.45) is -0.397. The number of pyridine rings is 1. The summed E-state index contributed by atoms with van der Waals surface area (Å²) in [4.78, 5) is 21.2. The second-order valence-electron chi connectivity index (χ2n) is 11.1. The second-order valence-corrected chi connectivity index (χ2v) is 11.1. The zero-order chi connectivity index (χ0) is 28.9. The molecular formula is C32H38F3N3O2. The predicted molar refractivity (Wildman–Crippen MR) is 151 cm³/mol. The van der Waals surface area contributed by atoms with E-state index in [2.05, 4.69) is 26.9 Å². The first-order valence-electron chi connectivity index (χ1n) is 13.8. The van der Waals surface area contributed by atoms with Crippen molar-refractivity contribution in [2.45, 2.75) is 64.8 Å². The highest BCUT2D eigenvalue weighted by atomic mass is 19.4. The lowest BCUT2D eigenvalue weighted by Crippen LogP contribution is -2.53. The van der Waals surface area contributed by atoms with Crippen molar-refractivity contribution in [1.82, 2.24) is 14.8 Å². The van der Waals surface area contributed by atoms with Gasteiger partial charge in [0.2, 0.25) is 0 Å². The second kappa shape index (κ2) is 12.5. The molecule has 0 N–H and O–H groups in total. The largest absolute Gasteiger partial charge is 0.466 e. The monoisotopic (exact) mass is 553 g/mol. The van der Waals surface area contributed by atoms with Gasteiger partial charge in [0.15, 0.2) is 0 Å². The van der Waals surface area contributed by atoms with Crippen LogP contribution in [0.4, 0.5) is 13.2 Å². The molecule has 1 unspecified atom stereocenters. The SMILES string of the molecule is CCOC(=O)CC1CN(Cc2ccc(-c3ccc(C(C)(C)C(F)(F)F)cc3)c(C)c2)CCN1Cc1ccncc1. The molecule has 214 valence electrons. The van der Waals surface area contributed by atoms with E-state index in [1.165, 1.54) is 19.4 Å². The molecule has 0 bridgehead atoms. The molecule has 40 heavy (non-hydrogen) atoms. The van der Waals surface area contributed by atoms with Crippen LogP contribution in [0.5, 0.6) is 0 Å². The molecule has 1 aliphatic heterocycles. The van der Waals surface area contributed by atoms with E-state index in [1.807, 2.05) is 32.0 Å². The molecule has 1 fully saturated rings. The zero-order valence-electron chi connectivity index (χ0n) is 23.7. The van der Waals surface area contributed by atoms with Gasteiger partial charge in [0.1, 0.15) is 0 Å². The summed E-state index contributed by atoms with van der Waals surface area (Å²) in [6.45, 7) is 10.6. The number of esters is 1. The molecule has 0 radical (unpaired) electrons. The Morgan fingerprint density at radius 3 is 2.30 bits per heavy atom. The van der Waals surface area contributed by atoms with Crippen molar-refractivity contribution < 1.29 is 22.7 Å². The topological polar surface area (TPSA) is 45.7 Å². The van der Waals surface area contributed by atoms with E-state index in [-0.39, 0.29) is 17.6 Å². The van der Waals surface area contributed by atoms with Gasteiger partial charge in [-0.2, -0.15) is 13.2 Å². The molecule has 1 saturated heterocycles. The number of alkyl halides is 3. The van der Waals surface area contributed by atoms with Gasteiger partial charge in [-0.1, -0.05) is 42.5 Å². The van der Waals surface area contributed by atoms with Crippen molar-refractivity contribution >= 4 is 5.97 Å². The van der Waals surface area contributed by atoms with Crippen molar-refractivity contribution in [2.75, 3.05) is 26.2 Å². The number of carbonyl (C=O) groups excluding carboxylic acids is 1. The number of hydrogen-bond acceptors (Lipinski definition) is 5. The van der Waals surface area contributed by atoms with Gasteiger partial charge in [-0.05, 0) is 73.2 Å². The Morgan fingerprint density at radius 2 is 1.68 bits per heavy atom. The van der Waals surface area contributed by atoms with Crippen molar-refractivity contribution in [3.63, 3.8) is 0 Å². The maximum Gasteiger partial charge on any atom is 0.397 e. The van der Waals surface area contributed by atoms with E-state index in [0.717, 1.165) is 55.0 Å². The lowest BCUT2D eigenvalue weighted by molar-refractivity contribution is -0.180. The third-order valence-electron chi connectivity index (χ3n) is 7.85. The Kier molecular flexibility index (Phi) is 9.31. The van der Waals surface area contributed by atoms with Crippen LogP contribution in [0.3, 0.4) is 0 Å². The highest BCUT2D eigenvalue weighted by Crippen LogP contribution is 2.41. The quantitative estimate of drug-likeness (QED) is 0.282. The van der Waals surface area contributed by atoms with Crippen LogP contribution in [0.15, 0.2) is 67.0 Å². The van der Waals surface area contributed by atoms with Gasteiger partial charge in [-0.15, -0.1) is 0 Å². The maximum absolute atomic E-state index is 13.5. The third kappa shape index (κ3) is 7.09. The molecule has 3 aromatic rings. The van der Waals surface area contributed by atoms with E-state index >= 15 is 0 Å². The van der Waals surface area contributed by atoms with Crippen molar-refractivity contribution in [2.24, 2.45) is 0 Å². The molecule has 2 heterocycles. The van der Waals surface area contributed by atoms with E-state index in [1.54, 1.807) is 36.7 Å². The summed E-state index contributed by atoms with van der Waals surface area (Å²) in [6, 6.07) is 17.0. The average molecular weight is 554 g/mol. The Balaban J connectivity index is 1.44. The molecule has 0 amide bonds. The molecule has 5 nitrogen and oxygen atoms in total. The lowest BCUT2D eigenvalue weighted by Gasteiger charge is -2.41. The number of aryl methyl sites for hydroxylation is 1. The first-order chi connectivity index (χ1) is 19.0. The van der Waals surface area contributed by atoms with E-state index in [0.29, 0.717) is 13.0 Å². The summed E-state index contributed by atoms with van der Waals surface area (Å²) >= 11 is 0. The molecule has 8 heteroatoms. The molecule has 0 aliphatic carbocycles. The Bertz CT molecular complexity index is 1280. The van der Waals surface area contributed by atoms with Crippen molar-refractivity contribution in [3.05, 3.63) is 89.2 Å². The highest BCUT2D eigenvalue weighted by Gasteiger charge is 2.48. The number of piperazine rings is 1. The van der Waals surface area contributed by atoms with Crippen LogP contribution >= 0.6 is 0 Å². The third-order valence-corrected chi connectivity index (χ3v) is 7.85. The fraction of sp³-hybridized carbons (Fsp3) is 0.438. The number of ether oxygens (including phenoxy) is 1. The number of nitrogens with zero attached hydrogens (tertiary/aromatic N) is 3. The van der Waals surface area contributed by atoms with E-state index in [9.17, 15) is 18.0 Å². The first-order valence-corrected chi connectivity index (χ1v) is 13.8. The number of hydrogen-bond donors (Lipinski definition) is 0. The number of benzene rings is 2. The highest BCUT2D eigenvalue weighted by molar-refractivity contribution is 5.70. The van der Waals surface area contributed by atoms with Crippen molar-refractivity contribution in [3.8, 4) is 11.1 Å². The normalized spacial score (nSPS) is 17.1. The van der Waals surface area contributed by atoms with Crippen LogP contribution in [-0.2, 0) is 28.0 Å². The summed E-state index contributed by atoms with van der Waals surface area (Å²) in [5.74, 6) is -0.182.